The molecule has 2 atom stereocenters. The molecule has 2 bridgehead atoms. The first-order chi connectivity index (χ1) is 5.70. The predicted octanol–water partition coefficient (Wildman–Crippen LogP) is 1.46. The van der Waals surface area contributed by atoms with Crippen LogP contribution in [0.1, 0.15) is 25.7 Å². The molecule has 3 radical (unpaired) electrons. The van der Waals surface area contributed by atoms with E-state index in [2.05, 4.69) is 16.5 Å². The molecule has 65 valence electrons. The molecule has 3 aliphatic rings. The van der Waals surface area contributed by atoms with E-state index in [9.17, 15) is 4.79 Å². The standard InChI is InChI=1S/C9H13GeO2/c10-8-6-3-1-5(2-4-6)7(8)9(11)12/h5-8H,1-4H2,(H,11,12). The van der Waals surface area contributed by atoms with Crippen molar-refractivity contribution in [3.8, 4) is 0 Å². The second-order valence-electron chi connectivity index (χ2n) is 4.06. The second kappa shape index (κ2) is 3.05. The fraction of sp³-hybridized carbons (Fsp3) is 0.889. The second-order valence-corrected chi connectivity index (χ2v) is 5.46. The van der Waals surface area contributed by atoms with Crippen LogP contribution in [0.2, 0.25) is 4.75 Å². The zero-order valence-electron chi connectivity index (χ0n) is 6.99. The predicted molar refractivity (Wildman–Crippen MR) is 46.1 cm³/mol. The molecule has 0 aromatic rings. The summed E-state index contributed by atoms with van der Waals surface area (Å²) in [6.45, 7) is 0. The maximum absolute atomic E-state index is 11.0. The molecule has 0 aliphatic heterocycles. The van der Waals surface area contributed by atoms with Crippen molar-refractivity contribution in [2.45, 2.75) is 30.4 Å². The number of fused-ring (bicyclic) bond motifs is 3. The van der Waals surface area contributed by atoms with Crippen LogP contribution in [0.3, 0.4) is 0 Å². The Kier molecular flexibility index (Phi) is 2.19. The van der Waals surface area contributed by atoms with Crippen molar-refractivity contribution in [2.24, 2.45) is 17.8 Å². The Morgan fingerprint density at radius 2 is 1.67 bits per heavy atom. The van der Waals surface area contributed by atoms with Crippen molar-refractivity contribution in [2.75, 3.05) is 0 Å². The molecule has 0 spiro atoms. The van der Waals surface area contributed by atoms with E-state index in [-0.39, 0.29) is 5.92 Å². The molecule has 0 aromatic heterocycles. The van der Waals surface area contributed by atoms with Crippen LogP contribution in [0.5, 0.6) is 0 Å². The fourth-order valence-corrected chi connectivity index (χ4v) is 4.37. The molecule has 3 fully saturated rings. The molecule has 12 heavy (non-hydrogen) atoms. The molecule has 0 heterocycles. The van der Waals surface area contributed by atoms with Gasteiger partial charge in [-0.05, 0) is 0 Å². The van der Waals surface area contributed by atoms with Crippen LogP contribution in [0.15, 0.2) is 0 Å². The number of aliphatic carboxylic acids is 1. The van der Waals surface area contributed by atoms with Gasteiger partial charge in [-0.1, -0.05) is 0 Å². The summed E-state index contributed by atoms with van der Waals surface area (Å²) in [6, 6.07) is 0. The van der Waals surface area contributed by atoms with Crippen LogP contribution in [-0.2, 0) is 4.79 Å². The van der Waals surface area contributed by atoms with Crippen molar-refractivity contribution in [1.29, 1.82) is 0 Å². The molecule has 3 heteroatoms. The Morgan fingerprint density at radius 1 is 1.17 bits per heavy atom. The summed E-state index contributed by atoms with van der Waals surface area (Å²) in [6.07, 6.45) is 4.86. The summed E-state index contributed by atoms with van der Waals surface area (Å²) in [5.41, 5.74) is 0. The number of carbonyl (C=O) groups is 1. The van der Waals surface area contributed by atoms with Gasteiger partial charge in [0.25, 0.3) is 0 Å². The topological polar surface area (TPSA) is 37.3 Å². The number of rotatable bonds is 1. The minimum atomic E-state index is -0.558. The van der Waals surface area contributed by atoms with Crippen molar-refractivity contribution < 1.29 is 9.90 Å². The monoisotopic (exact) mass is 227 g/mol. The van der Waals surface area contributed by atoms with E-state index in [1.54, 1.807) is 0 Å². The van der Waals surface area contributed by atoms with Gasteiger partial charge in [-0.15, -0.1) is 0 Å². The third-order valence-electron chi connectivity index (χ3n) is 3.50. The summed E-state index contributed by atoms with van der Waals surface area (Å²) in [5.74, 6) is 0.605. The molecule has 0 saturated heterocycles. The van der Waals surface area contributed by atoms with Gasteiger partial charge in [0.05, 0.1) is 0 Å². The van der Waals surface area contributed by atoms with E-state index in [1.165, 1.54) is 12.8 Å². The van der Waals surface area contributed by atoms with Gasteiger partial charge in [0.1, 0.15) is 0 Å². The first-order valence-corrected chi connectivity index (χ1v) is 5.85. The number of hydrogen-bond donors (Lipinski definition) is 1. The first kappa shape index (κ1) is 8.60. The van der Waals surface area contributed by atoms with E-state index < -0.39 is 5.97 Å². The summed E-state index contributed by atoms with van der Waals surface area (Å²) in [5, 5.41) is 9.03. The van der Waals surface area contributed by atoms with E-state index in [4.69, 9.17) is 5.11 Å². The summed E-state index contributed by atoms with van der Waals surface area (Å²) in [4.78, 5) is 11.0. The van der Waals surface area contributed by atoms with Gasteiger partial charge in [0, 0.05) is 0 Å². The van der Waals surface area contributed by atoms with Gasteiger partial charge in [0.15, 0.2) is 0 Å². The third-order valence-corrected chi connectivity index (χ3v) is 5.25. The van der Waals surface area contributed by atoms with Gasteiger partial charge in [-0.3, -0.25) is 0 Å². The van der Waals surface area contributed by atoms with Crippen molar-refractivity contribution in [1.82, 2.24) is 0 Å². The molecule has 3 aliphatic carbocycles. The van der Waals surface area contributed by atoms with Crippen LogP contribution >= 0.6 is 0 Å². The maximum atomic E-state index is 11.0. The summed E-state index contributed by atoms with van der Waals surface area (Å²) in [7, 11) is 0. The van der Waals surface area contributed by atoms with E-state index in [1.807, 2.05) is 0 Å². The van der Waals surface area contributed by atoms with Gasteiger partial charge in [0.2, 0.25) is 0 Å². The first-order valence-electron chi connectivity index (χ1n) is 4.64. The Labute approximate surface area is 80.9 Å². The van der Waals surface area contributed by atoms with Crippen LogP contribution in [0.25, 0.3) is 0 Å². The molecule has 3 saturated carbocycles. The van der Waals surface area contributed by atoms with Gasteiger partial charge in [-0.2, -0.15) is 0 Å². The number of carboxylic acid groups (broad SMARTS) is 1. The Bertz CT molecular complexity index is 195. The zero-order chi connectivity index (χ0) is 8.72. The molecular weight excluding hydrogens is 213 g/mol. The van der Waals surface area contributed by atoms with Crippen molar-refractivity contribution >= 4 is 22.5 Å². The van der Waals surface area contributed by atoms with Crippen molar-refractivity contribution in [3.63, 3.8) is 0 Å². The van der Waals surface area contributed by atoms with Crippen LogP contribution < -0.4 is 0 Å². The van der Waals surface area contributed by atoms with E-state index in [0.29, 0.717) is 16.6 Å². The van der Waals surface area contributed by atoms with Gasteiger partial charge < -0.3 is 0 Å². The molecule has 3 rings (SSSR count). The van der Waals surface area contributed by atoms with Gasteiger partial charge >= 0.3 is 80.6 Å². The molecule has 0 amide bonds. The number of hydrogen-bond acceptors (Lipinski definition) is 1. The number of carboxylic acids is 1. The normalized spacial score (nSPS) is 46.1. The van der Waals surface area contributed by atoms with Crippen LogP contribution in [-0.4, -0.2) is 27.6 Å². The van der Waals surface area contributed by atoms with E-state index in [0.717, 1.165) is 12.8 Å². The van der Waals surface area contributed by atoms with Crippen LogP contribution in [0, 0.1) is 17.8 Å². The fourth-order valence-electron chi connectivity index (χ4n) is 2.80. The summed E-state index contributed by atoms with van der Waals surface area (Å²) < 4.78 is 0.426. The Balaban J connectivity index is 2.18. The SMILES string of the molecule is O=C(O)C1C2CCC(CC2)[CH]1[Ge]. The molecule has 2 unspecified atom stereocenters. The zero-order valence-corrected chi connectivity index (χ0v) is 9.09. The minimum absolute atomic E-state index is 0.0301. The Morgan fingerprint density at radius 3 is 2.00 bits per heavy atom. The molecular formula is C9H13GeO2. The van der Waals surface area contributed by atoms with Crippen LogP contribution in [0.4, 0.5) is 0 Å². The molecule has 2 nitrogen and oxygen atoms in total. The molecule has 1 N–H and O–H groups in total. The van der Waals surface area contributed by atoms with E-state index >= 15 is 0 Å². The third kappa shape index (κ3) is 1.20. The average molecular weight is 226 g/mol. The quantitative estimate of drug-likeness (QED) is 0.687. The molecule has 0 aromatic carbocycles. The van der Waals surface area contributed by atoms with Crippen molar-refractivity contribution in [3.05, 3.63) is 0 Å². The van der Waals surface area contributed by atoms with Gasteiger partial charge in [-0.25, -0.2) is 0 Å². The average Bonchev–Trinajstić information content (AvgIpc) is 2.05. The Hall–Kier alpha value is 0.0129. The summed E-state index contributed by atoms with van der Waals surface area (Å²) >= 11 is 2.12.